The molecule has 8 heteroatoms. The van der Waals surface area contributed by atoms with Crippen LogP contribution in [0.5, 0.6) is 5.75 Å². The van der Waals surface area contributed by atoms with Crippen molar-refractivity contribution in [3.05, 3.63) is 66.2 Å². The Hall–Kier alpha value is -2.51. The summed E-state index contributed by atoms with van der Waals surface area (Å²) in [5.74, 6) is 0.203. The van der Waals surface area contributed by atoms with Crippen LogP contribution >= 0.6 is 11.6 Å². The second-order valence-corrected chi connectivity index (χ2v) is 8.37. The molecule has 0 radical (unpaired) electrons. The molecule has 28 heavy (non-hydrogen) atoms. The van der Waals surface area contributed by atoms with Gasteiger partial charge in [0.15, 0.2) is 0 Å². The molecule has 2 rings (SSSR count). The molecule has 0 spiro atoms. The summed E-state index contributed by atoms with van der Waals surface area (Å²) in [5.41, 5.74) is 0.874. The molecule has 0 aliphatic carbocycles. The van der Waals surface area contributed by atoms with Gasteiger partial charge < -0.3 is 10.1 Å². The normalized spacial score (nSPS) is 12.1. The van der Waals surface area contributed by atoms with Crippen LogP contribution in [-0.4, -0.2) is 33.2 Å². The van der Waals surface area contributed by atoms with Crippen molar-refractivity contribution in [1.29, 1.82) is 0 Å². The van der Waals surface area contributed by atoms with Crippen LogP contribution in [-0.2, 0) is 14.8 Å². The number of carbonyl (C=O) groups is 1. The lowest BCUT2D eigenvalue weighted by molar-refractivity contribution is -0.117. The lowest BCUT2D eigenvalue weighted by Crippen LogP contribution is -2.47. The maximum Gasteiger partial charge on any atom is 0.248 e. The lowest BCUT2D eigenvalue weighted by atomic mass is 10.1. The maximum atomic E-state index is 12.9. The molecule has 2 aromatic rings. The minimum absolute atomic E-state index is 0.284. The van der Waals surface area contributed by atoms with Crippen LogP contribution in [0.25, 0.3) is 0 Å². The van der Waals surface area contributed by atoms with Crippen LogP contribution in [0.15, 0.2) is 61.2 Å². The molecule has 0 heterocycles. The summed E-state index contributed by atoms with van der Waals surface area (Å²) in [6, 6.07) is 12.3. The fourth-order valence-electron chi connectivity index (χ4n) is 2.69. The Morgan fingerprint density at radius 3 is 2.50 bits per heavy atom. The highest BCUT2D eigenvalue weighted by molar-refractivity contribution is 7.92. The summed E-state index contributed by atoms with van der Waals surface area (Å²) in [7, 11) is -3.72. The van der Waals surface area contributed by atoms with Gasteiger partial charge >= 0.3 is 0 Å². The number of anilines is 2. The number of hydrogen-bond donors (Lipinski definition) is 1. The Morgan fingerprint density at radius 2 is 1.96 bits per heavy atom. The van der Waals surface area contributed by atoms with Gasteiger partial charge in [-0.2, -0.15) is 0 Å². The standard InChI is InChI=1S/C20H23ClN2O4S/c1-4-13-27-18-11-9-16(10-12-18)22-20(24)19(5-2)23(28(3,25)26)17-8-6-7-15(21)14-17/h4,6-12,14,19H,1,5,13H2,2-3H3,(H,22,24). The Bertz CT molecular complexity index is 929. The smallest absolute Gasteiger partial charge is 0.248 e. The van der Waals surface area contributed by atoms with Gasteiger partial charge in [0.2, 0.25) is 15.9 Å². The zero-order valence-electron chi connectivity index (χ0n) is 15.8. The molecule has 0 aromatic heterocycles. The van der Waals surface area contributed by atoms with Crippen LogP contribution in [0.3, 0.4) is 0 Å². The monoisotopic (exact) mass is 422 g/mol. The summed E-state index contributed by atoms with van der Waals surface area (Å²) in [5, 5.41) is 3.15. The van der Waals surface area contributed by atoms with E-state index in [2.05, 4.69) is 11.9 Å². The van der Waals surface area contributed by atoms with Gasteiger partial charge in [0.1, 0.15) is 18.4 Å². The summed E-state index contributed by atoms with van der Waals surface area (Å²) >= 11 is 6.01. The fraction of sp³-hybridized carbons (Fsp3) is 0.250. The molecule has 6 nitrogen and oxygen atoms in total. The van der Waals surface area contributed by atoms with Crippen molar-refractivity contribution in [2.45, 2.75) is 19.4 Å². The number of nitrogens with one attached hydrogen (secondary N) is 1. The summed E-state index contributed by atoms with van der Waals surface area (Å²) in [6.07, 6.45) is 2.98. The van der Waals surface area contributed by atoms with Gasteiger partial charge in [0.05, 0.1) is 11.9 Å². The zero-order valence-corrected chi connectivity index (χ0v) is 17.3. The van der Waals surface area contributed by atoms with Crippen molar-refractivity contribution in [3.63, 3.8) is 0 Å². The molecule has 0 saturated heterocycles. The number of hydrogen-bond acceptors (Lipinski definition) is 4. The first-order valence-electron chi connectivity index (χ1n) is 8.66. The van der Waals surface area contributed by atoms with Crippen molar-refractivity contribution in [2.75, 3.05) is 22.5 Å². The first kappa shape index (κ1) is 21.8. The maximum absolute atomic E-state index is 12.9. The third-order valence-corrected chi connectivity index (χ3v) is 5.30. The zero-order chi connectivity index (χ0) is 20.7. The van der Waals surface area contributed by atoms with Gasteiger partial charge in [-0.25, -0.2) is 8.42 Å². The second-order valence-electron chi connectivity index (χ2n) is 6.08. The average molecular weight is 423 g/mol. The highest BCUT2D eigenvalue weighted by atomic mass is 35.5. The summed E-state index contributed by atoms with van der Waals surface area (Å²) in [6.45, 7) is 5.71. The Labute approximate surface area is 170 Å². The molecule has 2 aromatic carbocycles. The van der Waals surface area contributed by atoms with Crippen LogP contribution in [0.4, 0.5) is 11.4 Å². The molecule has 1 unspecified atom stereocenters. The second kappa shape index (κ2) is 9.61. The van der Waals surface area contributed by atoms with Gasteiger partial charge in [-0.15, -0.1) is 0 Å². The van der Waals surface area contributed by atoms with E-state index in [1.165, 1.54) is 6.07 Å². The van der Waals surface area contributed by atoms with Crippen molar-refractivity contribution in [2.24, 2.45) is 0 Å². The van der Waals surface area contributed by atoms with E-state index in [4.69, 9.17) is 16.3 Å². The Balaban J connectivity index is 2.25. The Kier molecular flexibility index (Phi) is 7.48. The van der Waals surface area contributed by atoms with Crippen LogP contribution in [0, 0.1) is 0 Å². The third kappa shape index (κ3) is 5.74. The summed E-state index contributed by atoms with van der Waals surface area (Å²) < 4.78 is 31.3. The number of halogens is 1. The van der Waals surface area contributed by atoms with E-state index in [-0.39, 0.29) is 6.42 Å². The largest absolute Gasteiger partial charge is 0.490 e. The molecule has 150 valence electrons. The first-order valence-corrected chi connectivity index (χ1v) is 10.9. The molecule has 1 N–H and O–H groups in total. The molecule has 1 amide bonds. The van der Waals surface area contributed by atoms with Crippen LogP contribution in [0.2, 0.25) is 5.02 Å². The van der Waals surface area contributed by atoms with E-state index in [0.29, 0.717) is 28.8 Å². The lowest BCUT2D eigenvalue weighted by Gasteiger charge is -2.30. The van der Waals surface area contributed by atoms with Crippen LogP contribution in [0.1, 0.15) is 13.3 Å². The number of rotatable bonds is 9. The van der Waals surface area contributed by atoms with E-state index in [1.54, 1.807) is 55.5 Å². The number of benzene rings is 2. The molecule has 0 fully saturated rings. The number of sulfonamides is 1. The topological polar surface area (TPSA) is 75.7 Å². The van der Waals surface area contributed by atoms with Gasteiger partial charge in [-0.3, -0.25) is 9.10 Å². The van der Waals surface area contributed by atoms with E-state index < -0.39 is 22.0 Å². The molecular formula is C20H23ClN2O4S. The fourth-order valence-corrected chi connectivity index (χ4v) is 4.08. The van der Waals surface area contributed by atoms with Crippen LogP contribution < -0.4 is 14.4 Å². The van der Waals surface area contributed by atoms with E-state index >= 15 is 0 Å². The van der Waals surface area contributed by atoms with Crippen molar-refractivity contribution < 1.29 is 17.9 Å². The number of nitrogens with zero attached hydrogens (tertiary/aromatic N) is 1. The minimum Gasteiger partial charge on any atom is -0.490 e. The average Bonchev–Trinajstić information content (AvgIpc) is 2.64. The number of carbonyl (C=O) groups excluding carboxylic acids is 1. The summed E-state index contributed by atoms with van der Waals surface area (Å²) in [4.78, 5) is 12.9. The predicted octanol–water partition coefficient (Wildman–Crippen LogP) is 4.09. The van der Waals surface area contributed by atoms with E-state index in [0.717, 1.165) is 10.6 Å². The first-order chi connectivity index (χ1) is 13.3. The Morgan fingerprint density at radius 1 is 1.29 bits per heavy atom. The van der Waals surface area contributed by atoms with Crippen molar-refractivity contribution in [3.8, 4) is 5.75 Å². The minimum atomic E-state index is -3.72. The van der Waals surface area contributed by atoms with Crippen molar-refractivity contribution >= 4 is 38.9 Å². The van der Waals surface area contributed by atoms with Crippen molar-refractivity contribution in [1.82, 2.24) is 0 Å². The molecule has 1 atom stereocenters. The SMILES string of the molecule is C=CCOc1ccc(NC(=O)C(CC)N(c2cccc(Cl)c2)S(C)(=O)=O)cc1. The molecule has 0 aliphatic rings. The number of ether oxygens (including phenoxy) is 1. The highest BCUT2D eigenvalue weighted by Gasteiger charge is 2.31. The van der Waals surface area contributed by atoms with Gasteiger partial charge in [-0.05, 0) is 48.9 Å². The highest BCUT2D eigenvalue weighted by Crippen LogP contribution is 2.26. The van der Waals surface area contributed by atoms with Gasteiger partial charge in [0.25, 0.3) is 0 Å². The van der Waals surface area contributed by atoms with Gasteiger partial charge in [-0.1, -0.05) is 37.2 Å². The predicted molar refractivity (Wildman–Crippen MR) is 114 cm³/mol. The third-order valence-electron chi connectivity index (χ3n) is 3.88. The number of amides is 1. The quantitative estimate of drug-likeness (QED) is 0.617. The molecule has 0 bridgehead atoms. The van der Waals surface area contributed by atoms with E-state index in [1.807, 2.05) is 0 Å². The molecular weight excluding hydrogens is 400 g/mol. The molecule has 0 aliphatic heterocycles. The van der Waals surface area contributed by atoms with Gasteiger partial charge in [0, 0.05) is 10.7 Å². The van der Waals surface area contributed by atoms with E-state index in [9.17, 15) is 13.2 Å². The molecule has 0 saturated carbocycles.